The summed E-state index contributed by atoms with van der Waals surface area (Å²) in [5.74, 6) is -0.771. The highest BCUT2D eigenvalue weighted by Crippen LogP contribution is 2.23. The Morgan fingerprint density at radius 3 is 2.26 bits per heavy atom. The highest BCUT2D eigenvalue weighted by molar-refractivity contribution is 5.94. The molecule has 172 valence electrons. The number of amides is 2. The van der Waals surface area contributed by atoms with Crippen molar-refractivity contribution < 1.29 is 23.9 Å². The summed E-state index contributed by atoms with van der Waals surface area (Å²) < 4.78 is 10.3. The van der Waals surface area contributed by atoms with Crippen LogP contribution < -0.4 is 0 Å². The molecule has 2 amide bonds. The molecule has 1 atom stereocenters. The molecule has 1 saturated heterocycles. The van der Waals surface area contributed by atoms with Gasteiger partial charge in [-0.2, -0.15) is 0 Å². The zero-order chi connectivity index (χ0) is 23.5. The lowest BCUT2D eigenvalue weighted by molar-refractivity contribution is -0.00803. The molecule has 0 unspecified atom stereocenters. The lowest BCUT2D eigenvalue weighted by atomic mass is 9.99. The predicted molar refractivity (Wildman–Crippen MR) is 115 cm³/mol. The quantitative estimate of drug-likeness (QED) is 0.671. The van der Waals surface area contributed by atoms with Gasteiger partial charge in [0.05, 0.1) is 13.2 Å². The average Bonchev–Trinajstić information content (AvgIpc) is 2.70. The number of aromatic nitrogens is 2. The summed E-state index contributed by atoms with van der Waals surface area (Å²) in [5.41, 5.74) is 0.307. The van der Waals surface area contributed by atoms with Gasteiger partial charge in [0.25, 0.3) is 5.91 Å². The number of esters is 1. The monoisotopic (exact) mass is 434 g/mol. The van der Waals surface area contributed by atoms with Crippen LogP contribution in [-0.2, 0) is 9.47 Å². The van der Waals surface area contributed by atoms with E-state index in [-0.39, 0.29) is 41.3 Å². The number of carbonyl (C=O) groups excluding carboxylic acids is 3. The van der Waals surface area contributed by atoms with Crippen LogP contribution in [0, 0.1) is 5.92 Å². The third kappa shape index (κ3) is 5.92. The van der Waals surface area contributed by atoms with E-state index in [0.29, 0.717) is 25.2 Å². The summed E-state index contributed by atoms with van der Waals surface area (Å²) in [7, 11) is 1.28. The van der Waals surface area contributed by atoms with E-state index in [9.17, 15) is 14.4 Å². The smallest absolute Gasteiger partial charge is 0.410 e. The maximum Gasteiger partial charge on any atom is 0.410 e. The fraction of sp³-hybridized carbons (Fsp3) is 0.682. The average molecular weight is 435 g/mol. The SMILES string of the molecule is COC(=O)c1nnc(C(=O)N2CCN(C(=O)OC(C)(C)C)[C@@H](C(C)C)C2)cc1C(C)C. The number of carbonyl (C=O) groups is 3. The van der Waals surface area contributed by atoms with E-state index in [1.165, 1.54) is 7.11 Å². The van der Waals surface area contributed by atoms with Crippen molar-refractivity contribution in [3.8, 4) is 0 Å². The second-order valence-electron chi connectivity index (χ2n) is 9.42. The Morgan fingerprint density at radius 2 is 1.74 bits per heavy atom. The largest absolute Gasteiger partial charge is 0.464 e. The molecule has 1 fully saturated rings. The molecule has 2 heterocycles. The van der Waals surface area contributed by atoms with E-state index in [1.54, 1.807) is 15.9 Å². The Labute approximate surface area is 184 Å². The molecule has 0 bridgehead atoms. The van der Waals surface area contributed by atoms with E-state index < -0.39 is 11.6 Å². The van der Waals surface area contributed by atoms with Crippen molar-refractivity contribution in [2.45, 2.75) is 66.0 Å². The van der Waals surface area contributed by atoms with Crippen LogP contribution in [0.4, 0.5) is 4.79 Å². The van der Waals surface area contributed by atoms with E-state index in [0.717, 1.165) is 0 Å². The van der Waals surface area contributed by atoms with Crippen molar-refractivity contribution in [2.24, 2.45) is 5.92 Å². The van der Waals surface area contributed by atoms with Crippen LogP contribution in [0.1, 0.15) is 80.9 Å². The third-order valence-electron chi connectivity index (χ3n) is 5.15. The highest BCUT2D eigenvalue weighted by Gasteiger charge is 2.37. The molecule has 31 heavy (non-hydrogen) atoms. The van der Waals surface area contributed by atoms with E-state index >= 15 is 0 Å². The number of methoxy groups -OCH3 is 1. The van der Waals surface area contributed by atoms with Crippen molar-refractivity contribution >= 4 is 18.0 Å². The molecule has 0 N–H and O–H groups in total. The maximum atomic E-state index is 13.2. The first-order valence-corrected chi connectivity index (χ1v) is 10.6. The Hall–Kier alpha value is -2.71. The topological polar surface area (TPSA) is 102 Å². The van der Waals surface area contributed by atoms with Crippen molar-refractivity contribution in [3.63, 3.8) is 0 Å². The normalized spacial score (nSPS) is 17.2. The minimum absolute atomic E-state index is 0.0384. The fourth-order valence-electron chi connectivity index (χ4n) is 3.48. The summed E-state index contributed by atoms with van der Waals surface area (Å²) in [5, 5.41) is 7.96. The molecule has 1 aromatic heterocycles. The van der Waals surface area contributed by atoms with Gasteiger partial charge in [-0.15, -0.1) is 10.2 Å². The highest BCUT2D eigenvalue weighted by atomic mass is 16.6. The lowest BCUT2D eigenvalue weighted by Crippen LogP contribution is -2.59. The van der Waals surface area contributed by atoms with Crippen LogP contribution in [0.25, 0.3) is 0 Å². The van der Waals surface area contributed by atoms with Crippen LogP contribution in [0.15, 0.2) is 6.07 Å². The van der Waals surface area contributed by atoms with E-state index in [1.807, 2.05) is 48.5 Å². The van der Waals surface area contributed by atoms with Gasteiger partial charge in [-0.25, -0.2) is 9.59 Å². The zero-order valence-corrected chi connectivity index (χ0v) is 19.8. The van der Waals surface area contributed by atoms with Crippen molar-refractivity contribution in [1.82, 2.24) is 20.0 Å². The van der Waals surface area contributed by atoms with Crippen LogP contribution in [0.3, 0.4) is 0 Å². The molecule has 0 radical (unpaired) electrons. The Balaban J connectivity index is 2.24. The molecule has 0 spiro atoms. The molecule has 2 rings (SSSR count). The first-order valence-electron chi connectivity index (χ1n) is 10.6. The van der Waals surface area contributed by atoms with Gasteiger partial charge in [0, 0.05) is 19.6 Å². The number of ether oxygens (including phenoxy) is 2. The van der Waals surface area contributed by atoms with E-state index in [2.05, 4.69) is 10.2 Å². The number of nitrogens with zero attached hydrogens (tertiary/aromatic N) is 4. The molecule has 1 aromatic rings. The van der Waals surface area contributed by atoms with Gasteiger partial charge in [0.15, 0.2) is 11.4 Å². The summed E-state index contributed by atoms with van der Waals surface area (Å²) in [6.07, 6.45) is -0.373. The van der Waals surface area contributed by atoms with Crippen molar-refractivity contribution in [3.05, 3.63) is 23.0 Å². The number of hydrogen-bond acceptors (Lipinski definition) is 7. The molecule has 0 saturated carbocycles. The van der Waals surface area contributed by atoms with Gasteiger partial charge in [-0.1, -0.05) is 27.7 Å². The standard InChI is InChI=1S/C22H34N4O5/c1-13(2)15-11-16(23-24-18(15)20(28)30-8)19(27)25-9-10-26(17(12-25)14(3)4)21(29)31-22(5,6)7/h11,13-14,17H,9-10,12H2,1-8H3/t17-/m1/s1. The van der Waals surface area contributed by atoms with Crippen molar-refractivity contribution in [1.29, 1.82) is 0 Å². The molecule has 1 aliphatic heterocycles. The summed E-state index contributed by atoms with van der Waals surface area (Å²) in [6, 6.07) is 1.43. The minimum Gasteiger partial charge on any atom is -0.464 e. The van der Waals surface area contributed by atoms with Gasteiger partial charge in [-0.3, -0.25) is 4.79 Å². The summed E-state index contributed by atoms with van der Waals surface area (Å²) in [6.45, 7) is 14.4. The first kappa shape index (κ1) is 24.6. The zero-order valence-electron chi connectivity index (χ0n) is 19.8. The van der Waals surface area contributed by atoms with Crippen LogP contribution in [0.5, 0.6) is 0 Å². The minimum atomic E-state index is -0.588. The van der Waals surface area contributed by atoms with Gasteiger partial charge in [0.1, 0.15) is 5.60 Å². The Bertz CT molecular complexity index is 832. The van der Waals surface area contributed by atoms with Crippen LogP contribution in [-0.4, -0.2) is 76.4 Å². The van der Waals surface area contributed by atoms with Gasteiger partial charge >= 0.3 is 12.1 Å². The van der Waals surface area contributed by atoms with E-state index in [4.69, 9.17) is 9.47 Å². The second kappa shape index (κ2) is 9.62. The molecule has 0 aromatic carbocycles. The third-order valence-corrected chi connectivity index (χ3v) is 5.15. The van der Waals surface area contributed by atoms with Crippen molar-refractivity contribution in [2.75, 3.05) is 26.7 Å². The van der Waals surface area contributed by atoms with Gasteiger partial charge in [-0.05, 0) is 44.2 Å². The Morgan fingerprint density at radius 1 is 1.10 bits per heavy atom. The number of hydrogen-bond donors (Lipinski definition) is 0. The van der Waals surface area contributed by atoms with Crippen LogP contribution in [0.2, 0.25) is 0 Å². The molecule has 0 aliphatic carbocycles. The number of piperazine rings is 1. The molecular weight excluding hydrogens is 400 g/mol. The molecule has 9 nitrogen and oxygen atoms in total. The van der Waals surface area contributed by atoms with Gasteiger partial charge in [0.2, 0.25) is 0 Å². The molecule has 9 heteroatoms. The predicted octanol–water partition coefficient (Wildman–Crippen LogP) is 3.10. The summed E-state index contributed by atoms with van der Waals surface area (Å²) >= 11 is 0. The molecule has 1 aliphatic rings. The first-order chi connectivity index (χ1) is 14.4. The Kier molecular flexibility index (Phi) is 7.62. The van der Waals surface area contributed by atoms with Gasteiger partial charge < -0.3 is 19.3 Å². The number of rotatable bonds is 4. The molecular formula is C22H34N4O5. The lowest BCUT2D eigenvalue weighted by Gasteiger charge is -2.43. The maximum absolute atomic E-state index is 13.2. The second-order valence-corrected chi connectivity index (χ2v) is 9.42. The summed E-state index contributed by atoms with van der Waals surface area (Å²) in [4.78, 5) is 41.2. The fourth-order valence-corrected chi connectivity index (χ4v) is 3.48. The van der Waals surface area contributed by atoms with Crippen LogP contribution >= 0.6 is 0 Å².